The second-order valence-corrected chi connectivity index (χ2v) is 8.20. The molecule has 4 nitrogen and oxygen atoms in total. The normalized spacial score (nSPS) is 11.5. The molecular formula is C14H16ClNO3S2. The van der Waals surface area contributed by atoms with Crippen LogP contribution in [-0.4, -0.2) is 15.5 Å². The van der Waals surface area contributed by atoms with E-state index in [9.17, 15) is 8.42 Å². The minimum atomic E-state index is -3.65. The van der Waals surface area contributed by atoms with Crippen LogP contribution in [0.4, 0.5) is 5.69 Å². The van der Waals surface area contributed by atoms with Crippen molar-refractivity contribution in [2.45, 2.75) is 25.7 Å². The molecule has 0 aliphatic rings. The van der Waals surface area contributed by atoms with Gasteiger partial charge in [0.05, 0.1) is 12.8 Å². The average molecular weight is 346 g/mol. The van der Waals surface area contributed by atoms with E-state index in [0.29, 0.717) is 21.4 Å². The summed E-state index contributed by atoms with van der Waals surface area (Å²) >= 11 is 7.48. The molecule has 2 rings (SSSR count). The summed E-state index contributed by atoms with van der Waals surface area (Å²) in [6.45, 7) is 5.47. The number of sulfonamides is 1. The smallest absolute Gasteiger partial charge is 0.263 e. The molecule has 0 saturated carbocycles. The lowest BCUT2D eigenvalue weighted by Gasteiger charge is -2.13. The van der Waals surface area contributed by atoms with Gasteiger partial charge >= 0.3 is 0 Å². The summed E-state index contributed by atoms with van der Waals surface area (Å²) in [6, 6.07) is 4.92. The molecule has 1 aromatic heterocycles. The number of methoxy groups -OCH3 is 1. The highest BCUT2D eigenvalue weighted by Crippen LogP contribution is 2.34. The first-order chi connectivity index (χ1) is 9.74. The van der Waals surface area contributed by atoms with E-state index >= 15 is 0 Å². The summed E-state index contributed by atoms with van der Waals surface area (Å²) < 4.78 is 32.8. The van der Waals surface area contributed by atoms with Crippen molar-refractivity contribution in [3.05, 3.63) is 38.5 Å². The van der Waals surface area contributed by atoms with Crippen LogP contribution in [0.3, 0.4) is 0 Å². The molecule has 1 N–H and O–H groups in total. The Kier molecular flexibility index (Phi) is 4.51. The fourth-order valence-electron chi connectivity index (χ4n) is 1.99. The molecule has 2 aromatic rings. The van der Waals surface area contributed by atoms with Crippen LogP contribution in [0.2, 0.25) is 5.02 Å². The molecule has 0 fully saturated rings. The van der Waals surface area contributed by atoms with Gasteiger partial charge in [0.25, 0.3) is 10.0 Å². The van der Waals surface area contributed by atoms with E-state index in [1.54, 1.807) is 32.0 Å². The summed E-state index contributed by atoms with van der Waals surface area (Å²) in [5.74, 6) is 0.388. The third-order valence-electron chi connectivity index (χ3n) is 3.01. The van der Waals surface area contributed by atoms with Crippen molar-refractivity contribution in [2.75, 3.05) is 11.8 Å². The summed E-state index contributed by atoms with van der Waals surface area (Å²) in [5.41, 5.74) is 1.15. The number of ether oxygens (including phenoxy) is 1. The second kappa shape index (κ2) is 5.87. The SMILES string of the molecule is COc1cc(Cl)c(C)cc1NS(=O)(=O)c1cc(C)sc1C. The van der Waals surface area contributed by atoms with E-state index < -0.39 is 10.0 Å². The van der Waals surface area contributed by atoms with E-state index in [1.807, 2.05) is 6.92 Å². The Morgan fingerprint density at radius 2 is 1.86 bits per heavy atom. The third-order valence-corrected chi connectivity index (χ3v) is 6.00. The summed E-state index contributed by atoms with van der Waals surface area (Å²) in [4.78, 5) is 2.00. The van der Waals surface area contributed by atoms with Crippen LogP contribution >= 0.6 is 22.9 Å². The van der Waals surface area contributed by atoms with Gasteiger partial charge in [0.2, 0.25) is 0 Å². The van der Waals surface area contributed by atoms with Crippen molar-refractivity contribution in [1.82, 2.24) is 0 Å². The first-order valence-corrected chi connectivity index (χ1v) is 8.86. The number of aryl methyl sites for hydroxylation is 3. The molecule has 0 saturated heterocycles. The van der Waals surface area contributed by atoms with Crippen LogP contribution in [0.1, 0.15) is 15.3 Å². The molecule has 1 heterocycles. The lowest BCUT2D eigenvalue weighted by atomic mass is 10.2. The van der Waals surface area contributed by atoms with E-state index in [4.69, 9.17) is 16.3 Å². The maximum Gasteiger partial charge on any atom is 0.263 e. The van der Waals surface area contributed by atoms with Gasteiger partial charge in [-0.25, -0.2) is 8.42 Å². The highest BCUT2D eigenvalue weighted by atomic mass is 35.5. The molecule has 0 spiro atoms. The molecule has 0 aliphatic carbocycles. The standard InChI is InChI=1S/C14H16ClNO3S2/c1-8-5-12(13(19-4)7-11(8)15)16-21(17,18)14-6-9(2)20-10(14)3/h5-7,16H,1-4H3. The Morgan fingerprint density at radius 3 is 2.38 bits per heavy atom. The number of hydrogen-bond acceptors (Lipinski definition) is 4. The number of halogens is 1. The van der Waals surface area contributed by atoms with E-state index in [1.165, 1.54) is 18.4 Å². The average Bonchev–Trinajstić information content (AvgIpc) is 2.73. The van der Waals surface area contributed by atoms with Crippen molar-refractivity contribution >= 4 is 38.6 Å². The van der Waals surface area contributed by atoms with Crippen molar-refractivity contribution < 1.29 is 13.2 Å². The zero-order valence-corrected chi connectivity index (χ0v) is 14.5. The molecule has 21 heavy (non-hydrogen) atoms. The van der Waals surface area contributed by atoms with E-state index in [2.05, 4.69) is 4.72 Å². The molecule has 0 radical (unpaired) electrons. The minimum Gasteiger partial charge on any atom is -0.495 e. The Labute approximate surface area is 133 Å². The molecule has 0 amide bonds. The van der Waals surface area contributed by atoms with E-state index in [-0.39, 0.29) is 0 Å². The largest absolute Gasteiger partial charge is 0.495 e. The summed E-state index contributed by atoms with van der Waals surface area (Å²) in [7, 11) is -2.18. The van der Waals surface area contributed by atoms with Crippen molar-refractivity contribution in [2.24, 2.45) is 0 Å². The number of nitrogens with one attached hydrogen (secondary N) is 1. The maximum atomic E-state index is 12.5. The van der Waals surface area contributed by atoms with Crippen LogP contribution in [-0.2, 0) is 10.0 Å². The van der Waals surface area contributed by atoms with Crippen LogP contribution in [0.25, 0.3) is 0 Å². The summed E-state index contributed by atoms with van der Waals surface area (Å²) in [6.07, 6.45) is 0. The lowest BCUT2D eigenvalue weighted by molar-refractivity contribution is 0.417. The first-order valence-electron chi connectivity index (χ1n) is 6.18. The maximum absolute atomic E-state index is 12.5. The van der Waals surface area contributed by atoms with Gasteiger partial charge < -0.3 is 4.74 Å². The Morgan fingerprint density at radius 1 is 1.19 bits per heavy atom. The molecule has 0 atom stereocenters. The van der Waals surface area contributed by atoms with Crippen molar-refractivity contribution in [1.29, 1.82) is 0 Å². The van der Waals surface area contributed by atoms with Gasteiger partial charge in [0.1, 0.15) is 10.6 Å². The molecule has 0 aliphatic heterocycles. The molecule has 0 unspecified atom stereocenters. The van der Waals surface area contributed by atoms with Gasteiger partial charge in [0.15, 0.2) is 0 Å². The molecule has 7 heteroatoms. The van der Waals surface area contributed by atoms with Crippen LogP contribution in [0.5, 0.6) is 5.75 Å². The number of thiophene rings is 1. The van der Waals surface area contributed by atoms with Gasteiger partial charge in [-0.3, -0.25) is 4.72 Å². The Balaban J connectivity index is 2.46. The quantitative estimate of drug-likeness (QED) is 0.906. The van der Waals surface area contributed by atoms with Gasteiger partial charge in [-0.2, -0.15) is 0 Å². The predicted octanol–water partition coefficient (Wildman–Crippen LogP) is 4.14. The van der Waals surface area contributed by atoms with Crippen molar-refractivity contribution in [3.63, 3.8) is 0 Å². The Bertz CT molecular complexity index is 782. The topological polar surface area (TPSA) is 55.4 Å². The number of hydrogen-bond donors (Lipinski definition) is 1. The monoisotopic (exact) mass is 345 g/mol. The third kappa shape index (κ3) is 3.33. The lowest BCUT2D eigenvalue weighted by Crippen LogP contribution is -2.14. The molecule has 1 aromatic carbocycles. The minimum absolute atomic E-state index is 0.291. The number of benzene rings is 1. The molecule has 114 valence electrons. The van der Waals surface area contributed by atoms with Gasteiger partial charge in [-0.05, 0) is 38.5 Å². The fraction of sp³-hybridized carbons (Fsp3) is 0.286. The zero-order chi connectivity index (χ0) is 15.8. The van der Waals surface area contributed by atoms with Crippen molar-refractivity contribution in [3.8, 4) is 5.75 Å². The van der Waals surface area contributed by atoms with Gasteiger partial charge in [-0.15, -0.1) is 11.3 Å². The fourth-order valence-corrected chi connectivity index (χ4v) is 4.76. The number of anilines is 1. The highest BCUT2D eigenvalue weighted by Gasteiger charge is 2.21. The highest BCUT2D eigenvalue weighted by molar-refractivity contribution is 7.93. The van der Waals surface area contributed by atoms with Crippen LogP contribution in [0.15, 0.2) is 23.1 Å². The van der Waals surface area contributed by atoms with Gasteiger partial charge in [-0.1, -0.05) is 11.6 Å². The van der Waals surface area contributed by atoms with Crippen LogP contribution < -0.4 is 9.46 Å². The molecular weight excluding hydrogens is 330 g/mol. The predicted molar refractivity (Wildman–Crippen MR) is 87.3 cm³/mol. The summed E-state index contributed by atoms with van der Waals surface area (Å²) in [5, 5.41) is 0.525. The first kappa shape index (κ1) is 16.1. The van der Waals surface area contributed by atoms with Crippen LogP contribution in [0, 0.1) is 20.8 Å². The number of rotatable bonds is 4. The second-order valence-electron chi connectivity index (χ2n) is 4.68. The molecule has 0 bridgehead atoms. The zero-order valence-electron chi connectivity index (χ0n) is 12.2. The Hall–Kier alpha value is -1.24. The van der Waals surface area contributed by atoms with Gasteiger partial charge in [0, 0.05) is 20.8 Å². The van der Waals surface area contributed by atoms with E-state index in [0.717, 1.165) is 15.3 Å².